The molecule has 0 unspecified atom stereocenters. The van der Waals surface area contributed by atoms with Gasteiger partial charge in [0.25, 0.3) is 17.9 Å². The molecular weight excluding hydrogens is 327 g/mol. The van der Waals surface area contributed by atoms with E-state index in [0.29, 0.717) is 0 Å². The first-order valence-electron chi connectivity index (χ1n) is 5.44. The van der Waals surface area contributed by atoms with Gasteiger partial charge in [-0.3, -0.25) is 14.4 Å². The molecule has 0 fully saturated rings. The van der Waals surface area contributed by atoms with Crippen LogP contribution in [0.5, 0.6) is 0 Å². The van der Waals surface area contributed by atoms with Crippen molar-refractivity contribution in [1.29, 1.82) is 0 Å². The van der Waals surface area contributed by atoms with Gasteiger partial charge in [0.1, 0.15) is 0 Å². The maximum Gasteiger partial charge on any atom is 1.20 e. The molecule has 0 heterocycles. The second-order valence-electron chi connectivity index (χ2n) is 3.18. The van der Waals surface area contributed by atoms with Gasteiger partial charge in [-0.15, -0.1) is 0 Å². The normalized spacial score (nSPS) is 9.63. The van der Waals surface area contributed by atoms with Gasteiger partial charge in [-0.25, -0.2) is 0 Å². The lowest BCUT2D eigenvalue weighted by atomic mass is 10.5. The van der Waals surface area contributed by atoms with Gasteiger partial charge in [-0.05, 0) is 0 Å². The Kier molecular flexibility index (Phi) is 11.8. The summed E-state index contributed by atoms with van der Waals surface area (Å²) in [7, 11) is 0. The standard InChI is InChI=1S/3C3H6O2S.Al/c3*4-3(5)1-2-6;/h3*6H,1-2H2,(H,4,5);/q;;;+3/p-3. The van der Waals surface area contributed by atoms with Gasteiger partial charge in [0.15, 0.2) is 0 Å². The van der Waals surface area contributed by atoms with Crippen molar-refractivity contribution >= 4 is 70.9 Å². The second kappa shape index (κ2) is 11.8. The van der Waals surface area contributed by atoms with Crippen molar-refractivity contribution in [3.05, 3.63) is 0 Å². The summed E-state index contributed by atoms with van der Waals surface area (Å²) >= 11 is 8.45. The Bertz CT molecular complexity index is 267. The molecule has 0 aliphatic rings. The van der Waals surface area contributed by atoms with E-state index in [4.69, 9.17) is 11.4 Å². The molecule has 0 amide bonds. The van der Waals surface area contributed by atoms with Crippen LogP contribution in [0.15, 0.2) is 0 Å². The topological polar surface area (TPSA) is 78.9 Å². The SMILES string of the molecule is O=C(CCS)[O][Al]([O]C(=O)CCS)[O]C(=O)CCS. The highest BCUT2D eigenvalue weighted by atomic mass is 32.1. The molecule has 0 aromatic carbocycles. The van der Waals surface area contributed by atoms with E-state index >= 15 is 0 Å². The number of carbonyl (C=O) groups excluding carboxylic acids is 3. The average molecular weight is 342 g/mol. The fraction of sp³-hybridized carbons (Fsp3) is 0.667. The minimum Gasteiger partial charge on any atom is -0.551 e. The lowest BCUT2D eigenvalue weighted by Crippen LogP contribution is -2.35. The largest absolute Gasteiger partial charge is 1.20 e. The highest BCUT2D eigenvalue weighted by Gasteiger charge is 2.48. The Hall–Kier alpha value is -0.00753. The van der Waals surface area contributed by atoms with Crippen LogP contribution in [0.1, 0.15) is 19.3 Å². The monoisotopic (exact) mass is 342 g/mol. The Morgan fingerprint density at radius 1 is 0.684 bits per heavy atom. The zero-order valence-corrected chi connectivity index (χ0v) is 13.9. The number of rotatable bonds is 9. The van der Waals surface area contributed by atoms with Crippen LogP contribution >= 0.6 is 37.9 Å². The molecule has 0 saturated heterocycles. The summed E-state index contributed by atoms with van der Waals surface area (Å²) in [5.41, 5.74) is 0. The van der Waals surface area contributed by atoms with E-state index in [1.165, 1.54) is 0 Å². The lowest BCUT2D eigenvalue weighted by Gasteiger charge is -2.12. The first kappa shape index (κ1) is 19.0. The van der Waals surface area contributed by atoms with Crippen molar-refractivity contribution in [3.8, 4) is 0 Å². The molecule has 0 saturated carbocycles. The van der Waals surface area contributed by atoms with Gasteiger partial charge < -0.3 is 11.4 Å². The summed E-state index contributed by atoms with van der Waals surface area (Å²) in [5.74, 6) is -1.00. The molecule has 0 atom stereocenters. The van der Waals surface area contributed by atoms with Crippen LogP contribution in [-0.4, -0.2) is 50.3 Å². The fourth-order valence-electron chi connectivity index (χ4n) is 0.845. The zero-order valence-electron chi connectivity index (χ0n) is 10.1. The third-order valence-corrected chi connectivity index (χ3v) is 3.67. The number of carbonyl (C=O) groups is 3. The van der Waals surface area contributed by atoms with Crippen molar-refractivity contribution < 1.29 is 25.7 Å². The second-order valence-corrected chi connectivity index (χ2v) is 5.81. The molecule has 0 bridgehead atoms. The van der Waals surface area contributed by atoms with E-state index in [0.717, 1.165) is 0 Å². The predicted molar refractivity (Wildman–Crippen MR) is 79.4 cm³/mol. The van der Waals surface area contributed by atoms with Gasteiger partial charge in [-0.2, -0.15) is 37.9 Å². The summed E-state index contributed by atoms with van der Waals surface area (Å²) in [5, 5.41) is 0. The molecule has 19 heavy (non-hydrogen) atoms. The van der Waals surface area contributed by atoms with Crippen molar-refractivity contribution in [3.63, 3.8) is 0 Å². The van der Waals surface area contributed by atoms with E-state index in [1.807, 2.05) is 0 Å². The Morgan fingerprint density at radius 3 is 1.16 bits per heavy atom. The zero-order chi connectivity index (χ0) is 14.7. The molecule has 10 heteroatoms. The van der Waals surface area contributed by atoms with Crippen LogP contribution in [-0.2, 0) is 25.7 Å². The van der Waals surface area contributed by atoms with Gasteiger partial charge in [0, 0.05) is 17.3 Å². The van der Waals surface area contributed by atoms with Gasteiger partial charge in [-0.1, -0.05) is 0 Å². The minimum absolute atomic E-state index is 0.0425. The quantitative estimate of drug-likeness (QED) is 0.420. The molecule has 0 aliphatic heterocycles. The van der Waals surface area contributed by atoms with Crippen molar-refractivity contribution in [2.75, 3.05) is 17.3 Å². The highest BCUT2D eigenvalue weighted by Crippen LogP contribution is 2.02. The Morgan fingerprint density at radius 2 is 0.947 bits per heavy atom. The van der Waals surface area contributed by atoms with Crippen molar-refractivity contribution in [2.24, 2.45) is 0 Å². The van der Waals surface area contributed by atoms with Crippen LogP contribution < -0.4 is 0 Å². The van der Waals surface area contributed by atoms with Crippen LogP contribution in [0.2, 0.25) is 0 Å². The molecule has 0 spiro atoms. The smallest absolute Gasteiger partial charge is 0.551 e. The molecular formula is C9H15AlO6S3. The van der Waals surface area contributed by atoms with Crippen LogP contribution in [0, 0.1) is 0 Å². The molecule has 0 radical (unpaired) electrons. The molecule has 108 valence electrons. The van der Waals surface area contributed by atoms with E-state index in [9.17, 15) is 14.4 Å². The molecule has 0 rings (SSSR count). The third kappa shape index (κ3) is 10.4. The molecule has 0 aromatic rings. The number of thiol groups is 3. The molecule has 0 aliphatic carbocycles. The molecule has 6 nitrogen and oxygen atoms in total. The van der Waals surface area contributed by atoms with E-state index in [1.54, 1.807) is 0 Å². The summed E-state index contributed by atoms with van der Waals surface area (Å²) in [6.45, 7) is 0. The number of hydrogen-bond donors (Lipinski definition) is 3. The average Bonchev–Trinajstić information content (AvgIpc) is 2.29. The van der Waals surface area contributed by atoms with Gasteiger partial charge in [0.2, 0.25) is 0 Å². The fourth-order valence-corrected chi connectivity index (χ4v) is 2.53. The first-order chi connectivity index (χ1) is 9.03. The Balaban J connectivity index is 4.40. The summed E-state index contributed by atoms with van der Waals surface area (Å²) in [4.78, 5) is 33.8. The first-order valence-corrected chi connectivity index (χ1v) is 8.75. The maximum atomic E-state index is 11.3. The van der Waals surface area contributed by atoms with Crippen LogP contribution in [0.25, 0.3) is 0 Å². The number of hydrogen-bond acceptors (Lipinski definition) is 9. The summed E-state index contributed by atoms with van der Waals surface area (Å²) in [6, 6.07) is 0. The minimum atomic E-state index is -3.15. The van der Waals surface area contributed by atoms with Crippen molar-refractivity contribution in [2.45, 2.75) is 19.3 Å². The summed E-state index contributed by atoms with van der Waals surface area (Å²) in [6.07, 6.45) is 0.128. The van der Waals surface area contributed by atoms with Crippen LogP contribution in [0.3, 0.4) is 0 Å². The summed E-state index contributed by atoms with van der Waals surface area (Å²) < 4.78 is 14.5. The third-order valence-electron chi connectivity index (χ3n) is 1.63. The molecule has 0 aromatic heterocycles. The van der Waals surface area contributed by atoms with E-state index in [-0.39, 0.29) is 36.5 Å². The Labute approximate surface area is 133 Å². The predicted octanol–water partition coefficient (Wildman–Crippen LogP) is 0.561. The highest BCUT2D eigenvalue weighted by molar-refractivity contribution is 7.80. The van der Waals surface area contributed by atoms with Gasteiger partial charge >= 0.3 is 15.1 Å². The lowest BCUT2D eigenvalue weighted by molar-refractivity contribution is -0.147. The van der Waals surface area contributed by atoms with Crippen LogP contribution in [0.4, 0.5) is 0 Å². The molecule has 0 N–H and O–H groups in total. The van der Waals surface area contributed by atoms with Crippen molar-refractivity contribution in [1.82, 2.24) is 0 Å². The van der Waals surface area contributed by atoms with E-state index in [2.05, 4.69) is 37.9 Å². The maximum absolute atomic E-state index is 11.3. The van der Waals surface area contributed by atoms with Gasteiger partial charge in [0.05, 0.1) is 19.3 Å². The van der Waals surface area contributed by atoms with E-state index < -0.39 is 33.1 Å².